The number of nitrogens with one attached hydrogen (secondary N) is 1. The molecule has 0 saturated heterocycles. The molecule has 7 heteroatoms. The number of aromatic nitrogens is 4. The second-order valence-corrected chi connectivity index (χ2v) is 7.34. The van der Waals surface area contributed by atoms with Gasteiger partial charge in [0.15, 0.2) is 5.82 Å². The lowest BCUT2D eigenvalue weighted by Crippen LogP contribution is -2.03. The SMILES string of the molecule is CCc1n[nH]c(=S)n1/N=C\c1c(C)n(Cc2ccccc2Cl)c2ccccc12. The van der Waals surface area contributed by atoms with Crippen molar-refractivity contribution in [1.82, 2.24) is 19.4 Å². The van der Waals surface area contributed by atoms with Crippen molar-refractivity contribution in [3.05, 3.63) is 81.0 Å². The molecule has 0 aliphatic carbocycles. The zero-order valence-electron chi connectivity index (χ0n) is 15.7. The molecule has 0 unspecified atom stereocenters. The van der Waals surface area contributed by atoms with Gasteiger partial charge in [-0.2, -0.15) is 14.9 Å². The number of fused-ring (bicyclic) bond motifs is 1. The average molecular weight is 410 g/mol. The maximum Gasteiger partial charge on any atom is 0.216 e. The molecule has 1 N–H and O–H groups in total. The summed E-state index contributed by atoms with van der Waals surface area (Å²) in [5.74, 6) is 0.804. The highest BCUT2D eigenvalue weighted by Gasteiger charge is 2.14. The largest absolute Gasteiger partial charge is 0.340 e. The Bertz CT molecular complexity index is 1230. The van der Waals surface area contributed by atoms with Gasteiger partial charge in [-0.05, 0) is 36.8 Å². The lowest BCUT2D eigenvalue weighted by atomic mass is 10.1. The number of para-hydroxylation sites is 1. The average Bonchev–Trinajstić information content (AvgIpc) is 3.19. The predicted octanol–water partition coefficient (Wildman–Crippen LogP) is 5.35. The first-order chi connectivity index (χ1) is 13.6. The van der Waals surface area contributed by atoms with Crippen LogP contribution < -0.4 is 0 Å². The first kappa shape index (κ1) is 18.7. The van der Waals surface area contributed by atoms with Crippen molar-refractivity contribution >= 4 is 40.9 Å². The number of aromatic amines is 1. The van der Waals surface area contributed by atoms with Crippen LogP contribution in [-0.4, -0.2) is 25.7 Å². The minimum Gasteiger partial charge on any atom is -0.340 e. The van der Waals surface area contributed by atoms with E-state index in [1.54, 1.807) is 4.68 Å². The molecule has 0 radical (unpaired) electrons. The lowest BCUT2D eigenvalue weighted by Gasteiger charge is -2.10. The zero-order valence-corrected chi connectivity index (χ0v) is 17.3. The first-order valence-corrected chi connectivity index (χ1v) is 9.90. The molecular formula is C21H20ClN5S. The molecular weight excluding hydrogens is 390 g/mol. The van der Waals surface area contributed by atoms with Gasteiger partial charge in [0.25, 0.3) is 0 Å². The molecule has 2 aromatic carbocycles. The molecule has 5 nitrogen and oxygen atoms in total. The normalized spacial score (nSPS) is 11.7. The van der Waals surface area contributed by atoms with Gasteiger partial charge in [-0.15, -0.1) is 0 Å². The molecule has 0 aliphatic rings. The maximum atomic E-state index is 6.40. The third-order valence-electron chi connectivity index (χ3n) is 4.90. The van der Waals surface area contributed by atoms with Crippen molar-refractivity contribution in [1.29, 1.82) is 0 Å². The number of H-pyrrole nitrogens is 1. The number of benzene rings is 2. The van der Waals surface area contributed by atoms with Gasteiger partial charge in [0, 0.05) is 40.1 Å². The van der Waals surface area contributed by atoms with Crippen LogP contribution in [0.3, 0.4) is 0 Å². The Morgan fingerprint density at radius 3 is 2.71 bits per heavy atom. The zero-order chi connectivity index (χ0) is 19.7. The molecule has 0 atom stereocenters. The van der Waals surface area contributed by atoms with E-state index in [9.17, 15) is 0 Å². The molecule has 0 fully saturated rings. The summed E-state index contributed by atoms with van der Waals surface area (Å²) in [6, 6.07) is 16.3. The summed E-state index contributed by atoms with van der Waals surface area (Å²) in [4.78, 5) is 0. The van der Waals surface area contributed by atoms with E-state index >= 15 is 0 Å². The van der Waals surface area contributed by atoms with E-state index in [0.29, 0.717) is 11.3 Å². The van der Waals surface area contributed by atoms with Crippen LogP contribution in [-0.2, 0) is 13.0 Å². The second kappa shape index (κ2) is 7.73. The molecule has 28 heavy (non-hydrogen) atoms. The van der Waals surface area contributed by atoms with Crippen molar-refractivity contribution in [2.24, 2.45) is 5.10 Å². The van der Waals surface area contributed by atoms with Gasteiger partial charge in [-0.25, -0.2) is 0 Å². The van der Waals surface area contributed by atoms with Crippen molar-refractivity contribution < 1.29 is 0 Å². The number of hydrogen-bond donors (Lipinski definition) is 1. The van der Waals surface area contributed by atoms with Crippen molar-refractivity contribution in [3.63, 3.8) is 0 Å². The third-order valence-corrected chi connectivity index (χ3v) is 5.53. The van der Waals surface area contributed by atoms with E-state index in [-0.39, 0.29) is 0 Å². The van der Waals surface area contributed by atoms with Crippen LogP contribution in [0.5, 0.6) is 0 Å². The van der Waals surface area contributed by atoms with Gasteiger partial charge in [0.1, 0.15) is 0 Å². The van der Waals surface area contributed by atoms with Gasteiger partial charge >= 0.3 is 0 Å². The third kappa shape index (κ3) is 3.30. The number of nitrogens with zero attached hydrogens (tertiary/aromatic N) is 4. The van der Waals surface area contributed by atoms with E-state index < -0.39 is 0 Å². The predicted molar refractivity (Wildman–Crippen MR) is 117 cm³/mol. The van der Waals surface area contributed by atoms with Gasteiger partial charge in [0.2, 0.25) is 4.77 Å². The van der Waals surface area contributed by atoms with Crippen LogP contribution in [0, 0.1) is 11.7 Å². The number of aryl methyl sites for hydroxylation is 1. The highest BCUT2D eigenvalue weighted by atomic mass is 35.5. The van der Waals surface area contributed by atoms with Gasteiger partial charge in [0.05, 0.1) is 6.21 Å². The number of halogens is 1. The minimum atomic E-state index is 0.491. The van der Waals surface area contributed by atoms with Crippen LogP contribution in [0.1, 0.15) is 29.6 Å². The fourth-order valence-corrected chi connectivity index (χ4v) is 3.80. The van der Waals surface area contributed by atoms with Crippen molar-refractivity contribution in [3.8, 4) is 0 Å². The molecule has 0 saturated carbocycles. The number of rotatable bonds is 5. The highest BCUT2D eigenvalue weighted by molar-refractivity contribution is 7.71. The Hall–Kier alpha value is -2.70. The molecule has 0 spiro atoms. The molecule has 0 bridgehead atoms. The fraction of sp³-hybridized carbons (Fsp3) is 0.190. The van der Waals surface area contributed by atoms with E-state index in [1.165, 1.54) is 0 Å². The Kier molecular flexibility index (Phi) is 5.15. The smallest absolute Gasteiger partial charge is 0.216 e. The molecule has 2 heterocycles. The van der Waals surface area contributed by atoms with Crippen LogP contribution in [0.15, 0.2) is 53.6 Å². The van der Waals surface area contributed by atoms with E-state index in [2.05, 4.69) is 45.0 Å². The van der Waals surface area contributed by atoms with Gasteiger partial charge in [-0.3, -0.25) is 5.10 Å². The Balaban J connectivity index is 1.83. The standard InChI is InChI=1S/C21H20ClN5S/c1-3-20-24-25-21(28)27(20)23-12-17-14(2)26(19-11-7-5-9-16(17)19)13-15-8-4-6-10-18(15)22/h4-12H,3,13H2,1-2H3,(H,25,28)/b23-12-. The summed E-state index contributed by atoms with van der Waals surface area (Å²) in [5.41, 5.74) is 4.42. The lowest BCUT2D eigenvalue weighted by molar-refractivity contribution is 0.779. The van der Waals surface area contributed by atoms with E-state index in [0.717, 1.165) is 45.0 Å². The van der Waals surface area contributed by atoms with Crippen molar-refractivity contribution in [2.45, 2.75) is 26.8 Å². The monoisotopic (exact) mass is 409 g/mol. The van der Waals surface area contributed by atoms with Crippen LogP contribution in [0.25, 0.3) is 10.9 Å². The summed E-state index contributed by atoms with van der Waals surface area (Å²) in [6.07, 6.45) is 2.61. The van der Waals surface area contributed by atoms with E-state index in [1.807, 2.05) is 43.5 Å². The van der Waals surface area contributed by atoms with Gasteiger partial charge in [-0.1, -0.05) is 54.9 Å². The van der Waals surface area contributed by atoms with Gasteiger partial charge < -0.3 is 4.57 Å². The molecule has 0 amide bonds. The summed E-state index contributed by atoms with van der Waals surface area (Å²) in [5, 5.41) is 13.5. The first-order valence-electron chi connectivity index (χ1n) is 9.12. The molecule has 142 valence electrons. The Morgan fingerprint density at radius 1 is 1.18 bits per heavy atom. The summed E-state index contributed by atoms with van der Waals surface area (Å²) in [6.45, 7) is 4.83. The number of hydrogen-bond acceptors (Lipinski definition) is 3. The summed E-state index contributed by atoms with van der Waals surface area (Å²) >= 11 is 11.7. The molecule has 0 aliphatic heterocycles. The second-order valence-electron chi connectivity index (χ2n) is 6.55. The van der Waals surface area contributed by atoms with Crippen LogP contribution >= 0.6 is 23.8 Å². The van der Waals surface area contributed by atoms with Crippen LogP contribution in [0.4, 0.5) is 0 Å². The Morgan fingerprint density at radius 2 is 1.93 bits per heavy atom. The maximum absolute atomic E-state index is 6.40. The topological polar surface area (TPSA) is 50.9 Å². The molecule has 4 aromatic rings. The fourth-order valence-electron chi connectivity index (χ4n) is 3.41. The van der Waals surface area contributed by atoms with Crippen molar-refractivity contribution in [2.75, 3.05) is 0 Å². The minimum absolute atomic E-state index is 0.491. The summed E-state index contributed by atoms with van der Waals surface area (Å²) in [7, 11) is 0. The van der Waals surface area contributed by atoms with E-state index in [4.69, 9.17) is 23.8 Å². The molecule has 4 rings (SSSR count). The Labute approximate surface area is 173 Å². The quantitative estimate of drug-likeness (QED) is 0.357. The highest BCUT2D eigenvalue weighted by Crippen LogP contribution is 2.27. The summed E-state index contributed by atoms with van der Waals surface area (Å²) < 4.78 is 4.44. The molecule has 2 aromatic heterocycles. The van der Waals surface area contributed by atoms with Crippen LogP contribution in [0.2, 0.25) is 5.02 Å².